The second-order valence-electron chi connectivity index (χ2n) is 5.07. The van der Waals surface area contributed by atoms with E-state index in [2.05, 4.69) is 21.2 Å². The quantitative estimate of drug-likeness (QED) is 0.923. The van der Waals surface area contributed by atoms with E-state index in [-0.39, 0.29) is 24.3 Å². The first-order valence-electron chi connectivity index (χ1n) is 6.30. The molecule has 1 heterocycles. The van der Waals surface area contributed by atoms with E-state index in [1.807, 2.05) is 38.1 Å². The summed E-state index contributed by atoms with van der Waals surface area (Å²) >= 11 is 3.46. The van der Waals surface area contributed by atoms with Gasteiger partial charge in [0.2, 0.25) is 11.8 Å². The van der Waals surface area contributed by atoms with Gasteiger partial charge < -0.3 is 10.2 Å². The van der Waals surface area contributed by atoms with Gasteiger partial charge in [-0.05, 0) is 17.5 Å². The van der Waals surface area contributed by atoms with E-state index < -0.39 is 6.04 Å². The summed E-state index contributed by atoms with van der Waals surface area (Å²) in [7, 11) is 0. The Balaban J connectivity index is 2.17. The highest BCUT2D eigenvalue weighted by molar-refractivity contribution is 9.10. The van der Waals surface area contributed by atoms with E-state index in [9.17, 15) is 9.59 Å². The lowest BCUT2D eigenvalue weighted by Gasteiger charge is -2.34. The van der Waals surface area contributed by atoms with Crippen molar-refractivity contribution < 1.29 is 9.59 Å². The van der Waals surface area contributed by atoms with Crippen LogP contribution in [0.15, 0.2) is 28.7 Å². The molecular weight excluding hydrogens is 308 g/mol. The number of benzene rings is 1. The molecule has 1 aromatic carbocycles. The van der Waals surface area contributed by atoms with Crippen molar-refractivity contribution in [3.8, 4) is 0 Å². The van der Waals surface area contributed by atoms with Crippen LogP contribution < -0.4 is 5.32 Å². The zero-order chi connectivity index (χ0) is 14.0. The van der Waals surface area contributed by atoms with Gasteiger partial charge in [-0.3, -0.25) is 9.59 Å². The first-order chi connectivity index (χ1) is 8.99. The molecule has 1 aromatic rings. The largest absolute Gasteiger partial charge is 0.343 e. The summed E-state index contributed by atoms with van der Waals surface area (Å²) in [4.78, 5) is 25.6. The van der Waals surface area contributed by atoms with Crippen molar-refractivity contribution in [1.29, 1.82) is 0 Å². The Morgan fingerprint density at radius 2 is 2.05 bits per heavy atom. The maximum Gasteiger partial charge on any atom is 0.246 e. The van der Waals surface area contributed by atoms with Crippen molar-refractivity contribution >= 4 is 27.7 Å². The van der Waals surface area contributed by atoms with E-state index in [1.54, 1.807) is 4.90 Å². The number of carbonyl (C=O) groups is 2. The lowest BCUT2D eigenvalue weighted by molar-refractivity contribution is -0.146. The highest BCUT2D eigenvalue weighted by Crippen LogP contribution is 2.20. The van der Waals surface area contributed by atoms with Crippen molar-refractivity contribution in [1.82, 2.24) is 10.2 Å². The normalized spacial score (nSPS) is 19.8. The molecule has 2 rings (SSSR count). The average molecular weight is 325 g/mol. The number of hydrogen-bond donors (Lipinski definition) is 1. The van der Waals surface area contributed by atoms with E-state index >= 15 is 0 Å². The highest BCUT2D eigenvalue weighted by Gasteiger charge is 2.34. The minimum Gasteiger partial charge on any atom is -0.343 e. The summed E-state index contributed by atoms with van der Waals surface area (Å²) in [6, 6.07) is 7.32. The van der Waals surface area contributed by atoms with Crippen LogP contribution in [0.1, 0.15) is 19.4 Å². The molecule has 0 radical (unpaired) electrons. The van der Waals surface area contributed by atoms with Gasteiger partial charge in [0.05, 0.1) is 6.54 Å². The summed E-state index contributed by atoms with van der Waals surface area (Å²) in [5, 5.41) is 2.75. The van der Waals surface area contributed by atoms with Gasteiger partial charge in [0.25, 0.3) is 0 Å². The molecule has 0 spiro atoms. The molecule has 1 saturated heterocycles. The minimum atomic E-state index is -0.413. The summed E-state index contributed by atoms with van der Waals surface area (Å²) in [6.07, 6.45) is 0. The van der Waals surface area contributed by atoms with E-state index in [4.69, 9.17) is 0 Å². The fraction of sp³-hybridized carbons (Fsp3) is 0.429. The summed E-state index contributed by atoms with van der Waals surface area (Å²) in [5.41, 5.74) is 1.01. The molecule has 0 aromatic heterocycles. The van der Waals surface area contributed by atoms with Crippen LogP contribution in [0.2, 0.25) is 0 Å². The van der Waals surface area contributed by atoms with Gasteiger partial charge in [-0.15, -0.1) is 0 Å². The molecule has 2 amide bonds. The van der Waals surface area contributed by atoms with Crippen LogP contribution in [-0.4, -0.2) is 29.3 Å². The molecular formula is C14H17BrN2O2. The molecule has 1 aliphatic rings. The third kappa shape index (κ3) is 3.15. The molecule has 0 saturated carbocycles. The van der Waals surface area contributed by atoms with Crippen LogP contribution in [0.3, 0.4) is 0 Å². The van der Waals surface area contributed by atoms with Crippen LogP contribution in [0.25, 0.3) is 0 Å². The van der Waals surface area contributed by atoms with Crippen molar-refractivity contribution in [3.63, 3.8) is 0 Å². The Hall–Kier alpha value is -1.36. The first kappa shape index (κ1) is 14.1. The van der Waals surface area contributed by atoms with Crippen LogP contribution >= 0.6 is 15.9 Å². The number of halogens is 1. The molecule has 1 fully saturated rings. The van der Waals surface area contributed by atoms with Gasteiger partial charge >= 0.3 is 0 Å². The van der Waals surface area contributed by atoms with Gasteiger partial charge in [0.15, 0.2) is 0 Å². The Morgan fingerprint density at radius 1 is 1.37 bits per heavy atom. The standard InChI is InChI=1S/C14H17BrN2O2/c1-9(2)13-14(19)17(8-12(18)16-13)7-10-5-3-4-6-11(10)15/h3-6,9,13H,7-8H2,1-2H3,(H,16,18). The molecule has 0 aliphatic carbocycles. The van der Waals surface area contributed by atoms with Crippen molar-refractivity contribution in [2.45, 2.75) is 26.4 Å². The molecule has 5 heteroatoms. The van der Waals surface area contributed by atoms with Crippen molar-refractivity contribution in [2.75, 3.05) is 6.54 Å². The Morgan fingerprint density at radius 3 is 2.68 bits per heavy atom. The van der Waals surface area contributed by atoms with Crippen LogP contribution in [0.4, 0.5) is 0 Å². The molecule has 1 unspecified atom stereocenters. The average Bonchev–Trinajstić information content (AvgIpc) is 2.35. The van der Waals surface area contributed by atoms with Gasteiger partial charge in [0.1, 0.15) is 6.04 Å². The molecule has 102 valence electrons. The fourth-order valence-corrected chi connectivity index (χ4v) is 2.56. The number of amides is 2. The van der Waals surface area contributed by atoms with E-state index in [0.29, 0.717) is 6.54 Å². The predicted octanol–water partition coefficient (Wildman–Crippen LogP) is 1.93. The monoisotopic (exact) mass is 324 g/mol. The molecule has 1 N–H and O–H groups in total. The van der Waals surface area contributed by atoms with Crippen LogP contribution in [0, 0.1) is 5.92 Å². The van der Waals surface area contributed by atoms with Crippen LogP contribution in [-0.2, 0) is 16.1 Å². The zero-order valence-corrected chi connectivity index (χ0v) is 12.6. The van der Waals surface area contributed by atoms with Crippen molar-refractivity contribution in [2.24, 2.45) is 5.92 Å². The molecule has 1 aliphatic heterocycles. The maximum absolute atomic E-state index is 12.3. The first-order valence-corrected chi connectivity index (χ1v) is 7.10. The topological polar surface area (TPSA) is 49.4 Å². The number of nitrogens with one attached hydrogen (secondary N) is 1. The molecule has 1 atom stereocenters. The van der Waals surface area contributed by atoms with Gasteiger partial charge in [-0.2, -0.15) is 0 Å². The summed E-state index contributed by atoms with van der Waals surface area (Å²) in [6.45, 7) is 4.45. The molecule has 19 heavy (non-hydrogen) atoms. The fourth-order valence-electron chi connectivity index (χ4n) is 2.15. The zero-order valence-electron chi connectivity index (χ0n) is 11.0. The Kier molecular flexibility index (Phi) is 4.24. The maximum atomic E-state index is 12.3. The SMILES string of the molecule is CC(C)C1NC(=O)CN(Cc2ccccc2Br)C1=O. The van der Waals surface area contributed by atoms with Crippen molar-refractivity contribution in [3.05, 3.63) is 34.3 Å². The number of carbonyl (C=O) groups excluding carboxylic acids is 2. The number of rotatable bonds is 3. The third-order valence-electron chi connectivity index (χ3n) is 3.21. The van der Waals surface area contributed by atoms with Gasteiger partial charge in [0, 0.05) is 11.0 Å². The smallest absolute Gasteiger partial charge is 0.246 e. The highest BCUT2D eigenvalue weighted by atomic mass is 79.9. The lowest BCUT2D eigenvalue weighted by atomic mass is 10.0. The Bertz CT molecular complexity index is 502. The number of nitrogens with zero attached hydrogens (tertiary/aromatic N) is 1. The van der Waals surface area contributed by atoms with Gasteiger partial charge in [-0.25, -0.2) is 0 Å². The summed E-state index contributed by atoms with van der Waals surface area (Å²) in [5.74, 6) is -0.00540. The molecule has 4 nitrogen and oxygen atoms in total. The second kappa shape index (κ2) is 5.74. The predicted molar refractivity (Wildman–Crippen MR) is 76.3 cm³/mol. The van der Waals surface area contributed by atoms with Crippen LogP contribution in [0.5, 0.6) is 0 Å². The van der Waals surface area contributed by atoms with E-state index in [0.717, 1.165) is 10.0 Å². The lowest BCUT2D eigenvalue weighted by Crippen LogP contribution is -2.59. The Labute approximate surface area is 121 Å². The van der Waals surface area contributed by atoms with Gasteiger partial charge in [-0.1, -0.05) is 48.0 Å². The third-order valence-corrected chi connectivity index (χ3v) is 3.99. The number of piperazine rings is 1. The van der Waals surface area contributed by atoms with E-state index in [1.165, 1.54) is 0 Å². The number of hydrogen-bond acceptors (Lipinski definition) is 2. The second-order valence-corrected chi connectivity index (χ2v) is 5.93. The molecule has 0 bridgehead atoms. The summed E-state index contributed by atoms with van der Waals surface area (Å²) < 4.78 is 0.954. The minimum absolute atomic E-state index is 0.00893.